The molecule has 0 fully saturated rings. The standard InChI is InChI=1S/C14H18N4O/c1-3-16-13-8-15-9-14(18-13)17-12-6-4-5-11(7-12)10-19-2/h4-9H,3,10H2,1-2H3,(H2,16,17,18). The lowest BCUT2D eigenvalue weighted by molar-refractivity contribution is 0.185. The van der Waals surface area contributed by atoms with Crippen LogP contribution in [0.25, 0.3) is 0 Å². The summed E-state index contributed by atoms with van der Waals surface area (Å²) in [6.45, 7) is 3.44. The first-order chi connectivity index (χ1) is 9.31. The molecule has 0 aliphatic heterocycles. The average Bonchev–Trinajstić information content (AvgIpc) is 2.40. The first-order valence-electron chi connectivity index (χ1n) is 6.22. The SMILES string of the molecule is CCNc1cncc(Nc2cccc(COC)c2)n1. The molecule has 0 radical (unpaired) electrons. The van der Waals surface area contributed by atoms with Gasteiger partial charge in [0.2, 0.25) is 0 Å². The Hall–Kier alpha value is -2.14. The molecular formula is C14H18N4O. The highest BCUT2D eigenvalue weighted by atomic mass is 16.5. The van der Waals surface area contributed by atoms with E-state index in [4.69, 9.17) is 4.74 Å². The molecule has 0 aliphatic carbocycles. The summed E-state index contributed by atoms with van der Waals surface area (Å²) in [4.78, 5) is 8.56. The molecule has 2 rings (SSSR count). The highest BCUT2D eigenvalue weighted by molar-refractivity contribution is 5.57. The predicted octanol–water partition coefficient (Wildman–Crippen LogP) is 2.80. The summed E-state index contributed by atoms with van der Waals surface area (Å²) >= 11 is 0. The van der Waals surface area contributed by atoms with E-state index in [0.29, 0.717) is 12.4 Å². The van der Waals surface area contributed by atoms with Gasteiger partial charge in [-0.3, -0.25) is 4.98 Å². The van der Waals surface area contributed by atoms with Crippen LogP contribution in [-0.4, -0.2) is 23.6 Å². The number of benzene rings is 1. The third kappa shape index (κ3) is 3.93. The van der Waals surface area contributed by atoms with E-state index in [2.05, 4.69) is 20.6 Å². The Balaban J connectivity index is 2.11. The van der Waals surface area contributed by atoms with Crippen molar-refractivity contribution in [2.75, 3.05) is 24.3 Å². The van der Waals surface area contributed by atoms with E-state index < -0.39 is 0 Å². The van der Waals surface area contributed by atoms with Gasteiger partial charge in [0, 0.05) is 19.3 Å². The van der Waals surface area contributed by atoms with Gasteiger partial charge in [0.05, 0.1) is 19.0 Å². The molecule has 0 spiro atoms. The molecule has 0 saturated heterocycles. The van der Waals surface area contributed by atoms with Crippen LogP contribution in [-0.2, 0) is 11.3 Å². The molecule has 0 aliphatic rings. The minimum atomic E-state index is 0.596. The molecule has 1 aromatic carbocycles. The van der Waals surface area contributed by atoms with Gasteiger partial charge in [-0.1, -0.05) is 12.1 Å². The molecule has 100 valence electrons. The molecule has 5 nitrogen and oxygen atoms in total. The molecule has 0 bridgehead atoms. The molecule has 0 atom stereocenters. The molecule has 0 saturated carbocycles. The van der Waals surface area contributed by atoms with Gasteiger partial charge in [0.1, 0.15) is 5.82 Å². The van der Waals surface area contributed by atoms with Gasteiger partial charge in [-0.25, -0.2) is 4.98 Å². The highest BCUT2D eigenvalue weighted by Gasteiger charge is 2.00. The second kappa shape index (κ2) is 6.70. The lowest BCUT2D eigenvalue weighted by Crippen LogP contribution is -2.02. The third-order valence-electron chi connectivity index (χ3n) is 2.50. The monoisotopic (exact) mass is 258 g/mol. The summed E-state index contributed by atoms with van der Waals surface area (Å²) in [5, 5.41) is 6.36. The van der Waals surface area contributed by atoms with Crippen LogP contribution >= 0.6 is 0 Å². The molecule has 0 amide bonds. The summed E-state index contributed by atoms with van der Waals surface area (Å²) in [5.74, 6) is 1.48. The van der Waals surface area contributed by atoms with Gasteiger partial charge in [0.25, 0.3) is 0 Å². The van der Waals surface area contributed by atoms with Crippen molar-refractivity contribution in [2.45, 2.75) is 13.5 Å². The number of anilines is 3. The molecule has 1 aromatic heterocycles. The van der Waals surface area contributed by atoms with Gasteiger partial charge >= 0.3 is 0 Å². The number of rotatable bonds is 6. The summed E-state index contributed by atoms with van der Waals surface area (Å²) in [7, 11) is 1.69. The molecule has 2 aromatic rings. The van der Waals surface area contributed by atoms with Crippen molar-refractivity contribution in [1.29, 1.82) is 0 Å². The summed E-state index contributed by atoms with van der Waals surface area (Å²) < 4.78 is 5.12. The van der Waals surface area contributed by atoms with Crippen molar-refractivity contribution in [3.63, 3.8) is 0 Å². The zero-order valence-corrected chi connectivity index (χ0v) is 11.2. The topological polar surface area (TPSA) is 59.1 Å². The Morgan fingerprint density at radius 2 is 2.05 bits per heavy atom. The van der Waals surface area contributed by atoms with Crippen molar-refractivity contribution in [1.82, 2.24) is 9.97 Å². The normalized spacial score (nSPS) is 10.2. The lowest BCUT2D eigenvalue weighted by atomic mass is 10.2. The zero-order valence-electron chi connectivity index (χ0n) is 11.2. The van der Waals surface area contributed by atoms with Crippen molar-refractivity contribution in [3.05, 3.63) is 42.2 Å². The van der Waals surface area contributed by atoms with E-state index in [1.54, 1.807) is 19.5 Å². The fourth-order valence-corrected chi connectivity index (χ4v) is 1.75. The Morgan fingerprint density at radius 3 is 2.84 bits per heavy atom. The second-order valence-corrected chi connectivity index (χ2v) is 4.08. The second-order valence-electron chi connectivity index (χ2n) is 4.08. The fourth-order valence-electron chi connectivity index (χ4n) is 1.75. The summed E-state index contributed by atoms with van der Waals surface area (Å²) in [6, 6.07) is 8.03. The average molecular weight is 258 g/mol. The maximum Gasteiger partial charge on any atom is 0.151 e. The first kappa shape index (κ1) is 13.3. The smallest absolute Gasteiger partial charge is 0.151 e. The number of hydrogen-bond donors (Lipinski definition) is 2. The lowest BCUT2D eigenvalue weighted by Gasteiger charge is -2.08. The van der Waals surface area contributed by atoms with E-state index >= 15 is 0 Å². The molecule has 5 heteroatoms. The Kier molecular flexibility index (Phi) is 4.69. The quantitative estimate of drug-likeness (QED) is 0.834. The summed E-state index contributed by atoms with van der Waals surface area (Å²) in [5.41, 5.74) is 2.08. The van der Waals surface area contributed by atoms with E-state index in [0.717, 1.165) is 23.6 Å². The van der Waals surface area contributed by atoms with Crippen LogP contribution in [0.2, 0.25) is 0 Å². The van der Waals surface area contributed by atoms with Crippen molar-refractivity contribution < 1.29 is 4.74 Å². The van der Waals surface area contributed by atoms with Gasteiger partial charge in [-0.2, -0.15) is 0 Å². The zero-order chi connectivity index (χ0) is 13.5. The van der Waals surface area contributed by atoms with Gasteiger partial charge in [-0.05, 0) is 24.6 Å². The van der Waals surface area contributed by atoms with Crippen molar-refractivity contribution in [2.24, 2.45) is 0 Å². The van der Waals surface area contributed by atoms with Crippen LogP contribution in [0.4, 0.5) is 17.3 Å². The Morgan fingerprint density at radius 1 is 1.21 bits per heavy atom. The number of hydrogen-bond acceptors (Lipinski definition) is 5. The maximum atomic E-state index is 5.12. The number of nitrogens with zero attached hydrogens (tertiary/aromatic N) is 2. The molecule has 2 N–H and O–H groups in total. The van der Waals surface area contributed by atoms with E-state index in [-0.39, 0.29) is 0 Å². The largest absolute Gasteiger partial charge is 0.380 e. The number of aromatic nitrogens is 2. The van der Waals surface area contributed by atoms with E-state index in [1.165, 1.54) is 0 Å². The fraction of sp³-hybridized carbons (Fsp3) is 0.286. The highest BCUT2D eigenvalue weighted by Crippen LogP contribution is 2.17. The van der Waals surface area contributed by atoms with Crippen LogP contribution < -0.4 is 10.6 Å². The minimum absolute atomic E-state index is 0.596. The summed E-state index contributed by atoms with van der Waals surface area (Å²) in [6.07, 6.45) is 3.40. The predicted molar refractivity (Wildman–Crippen MR) is 76.6 cm³/mol. The number of methoxy groups -OCH3 is 1. The van der Waals surface area contributed by atoms with Crippen LogP contribution in [0.1, 0.15) is 12.5 Å². The van der Waals surface area contributed by atoms with Crippen molar-refractivity contribution in [3.8, 4) is 0 Å². The van der Waals surface area contributed by atoms with Crippen LogP contribution in [0, 0.1) is 0 Å². The minimum Gasteiger partial charge on any atom is -0.380 e. The number of nitrogens with one attached hydrogen (secondary N) is 2. The molecule has 0 unspecified atom stereocenters. The maximum absolute atomic E-state index is 5.12. The third-order valence-corrected chi connectivity index (χ3v) is 2.50. The Bertz CT molecular complexity index is 483. The first-order valence-corrected chi connectivity index (χ1v) is 6.22. The molecule has 1 heterocycles. The number of ether oxygens (including phenoxy) is 1. The van der Waals surface area contributed by atoms with E-state index in [1.807, 2.05) is 31.2 Å². The molecule has 19 heavy (non-hydrogen) atoms. The van der Waals surface area contributed by atoms with Gasteiger partial charge < -0.3 is 15.4 Å². The molecular weight excluding hydrogens is 240 g/mol. The van der Waals surface area contributed by atoms with Crippen molar-refractivity contribution >= 4 is 17.3 Å². The van der Waals surface area contributed by atoms with Crippen LogP contribution in [0.15, 0.2) is 36.7 Å². The Labute approximate surface area is 113 Å². The van der Waals surface area contributed by atoms with E-state index in [9.17, 15) is 0 Å². The van der Waals surface area contributed by atoms with Gasteiger partial charge in [-0.15, -0.1) is 0 Å². The van der Waals surface area contributed by atoms with Crippen LogP contribution in [0.5, 0.6) is 0 Å². The van der Waals surface area contributed by atoms with Crippen LogP contribution in [0.3, 0.4) is 0 Å². The van der Waals surface area contributed by atoms with Gasteiger partial charge in [0.15, 0.2) is 5.82 Å².